The second-order valence-corrected chi connectivity index (χ2v) is 5.12. The van der Waals surface area contributed by atoms with Crippen molar-refractivity contribution in [3.8, 4) is 17.2 Å². The van der Waals surface area contributed by atoms with Crippen LogP contribution in [0.3, 0.4) is 0 Å². The molecule has 0 aromatic heterocycles. The molecular weight excluding hydrogens is 290 g/mol. The Morgan fingerprint density at radius 2 is 1.86 bits per heavy atom. The van der Waals surface area contributed by atoms with Gasteiger partial charge in [-0.1, -0.05) is 0 Å². The van der Waals surface area contributed by atoms with Gasteiger partial charge in [0, 0.05) is 18.9 Å². The Kier molecular flexibility index (Phi) is 4.24. The number of methoxy groups -OCH3 is 1. The van der Waals surface area contributed by atoms with Gasteiger partial charge < -0.3 is 29.4 Å². The summed E-state index contributed by atoms with van der Waals surface area (Å²) in [4.78, 5) is 11.9. The zero-order valence-electron chi connectivity index (χ0n) is 12.4. The lowest BCUT2D eigenvalue weighted by atomic mass is 10.1. The van der Waals surface area contributed by atoms with E-state index in [1.54, 1.807) is 6.07 Å². The Hall–Kier alpha value is -2.15. The zero-order valence-corrected chi connectivity index (χ0v) is 12.4. The number of fused-ring (bicyclic) bond motifs is 1. The molecule has 1 aromatic rings. The highest BCUT2D eigenvalue weighted by atomic mass is 16.6. The van der Waals surface area contributed by atoms with Crippen molar-refractivity contribution < 1.29 is 28.5 Å². The lowest BCUT2D eigenvalue weighted by Crippen LogP contribution is -2.27. The predicted molar refractivity (Wildman–Crippen MR) is 77.7 cm³/mol. The molecule has 2 heterocycles. The van der Waals surface area contributed by atoms with Crippen molar-refractivity contribution in [1.82, 2.24) is 0 Å². The summed E-state index contributed by atoms with van der Waals surface area (Å²) >= 11 is 0. The normalized spacial score (nSPS) is 17.9. The molecule has 2 aliphatic heterocycles. The van der Waals surface area contributed by atoms with Crippen LogP contribution in [0.4, 0.5) is 5.69 Å². The Balaban J connectivity index is 1.96. The van der Waals surface area contributed by atoms with Crippen molar-refractivity contribution in [1.29, 1.82) is 0 Å². The van der Waals surface area contributed by atoms with Crippen molar-refractivity contribution in [2.24, 2.45) is 0 Å². The van der Waals surface area contributed by atoms with E-state index in [1.807, 2.05) is 0 Å². The number of nitrogens with two attached hydrogens (primary N) is 1. The molecule has 0 unspecified atom stereocenters. The number of esters is 1. The summed E-state index contributed by atoms with van der Waals surface area (Å²) < 4.78 is 27.3. The topological polar surface area (TPSA) is 89.2 Å². The highest BCUT2D eigenvalue weighted by Gasteiger charge is 2.29. The van der Waals surface area contributed by atoms with Crippen molar-refractivity contribution in [2.45, 2.75) is 18.9 Å². The van der Waals surface area contributed by atoms with Crippen molar-refractivity contribution in [3.05, 3.63) is 11.6 Å². The minimum Gasteiger partial charge on any atom is -0.486 e. The molecule has 1 aromatic carbocycles. The van der Waals surface area contributed by atoms with Crippen LogP contribution in [0.1, 0.15) is 23.2 Å². The number of nitrogen functional groups attached to an aromatic ring is 1. The molecule has 0 saturated carbocycles. The molecule has 0 radical (unpaired) electrons. The van der Waals surface area contributed by atoms with Crippen LogP contribution < -0.4 is 19.9 Å². The molecule has 0 atom stereocenters. The van der Waals surface area contributed by atoms with Gasteiger partial charge in [0.1, 0.15) is 24.9 Å². The summed E-state index contributed by atoms with van der Waals surface area (Å²) in [7, 11) is 1.30. The number of benzene rings is 1. The van der Waals surface area contributed by atoms with Crippen molar-refractivity contribution in [2.75, 3.05) is 39.3 Å². The summed E-state index contributed by atoms with van der Waals surface area (Å²) in [5.41, 5.74) is 6.41. The molecule has 2 N–H and O–H groups in total. The first-order chi connectivity index (χ1) is 10.7. The molecule has 0 bridgehead atoms. The van der Waals surface area contributed by atoms with E-state index in [9.17, 15) is 4.79 Å². The fourth-order valence-corrected chi connectivity index (χ4v) is 2.57. The number of carbonyl (C=O) groups is 1. The monoisotopic (exact) mass is 309 g/mol. The van der Waals surface area contributed by atoms with Crippen molar-refractivity contribution >= 4 is 11.7 Å². The number of carbonyl (C=O) groups excluding carboxylic acids is 1. The van der Waals surface area contributed by atoms with Gasteiger partial charge in [0.05, 0.1) is 26.0 Å². The van der Waals surface area contributed by atoms with Gasteiger partial charge in [0.2, 0.25) is 5.75 Å². The summed E-state index contributed by atoms with van der Waals surface area (Å²) in [6.45, 7) is 2.07. The molecule has 120 valence electrons. The van der Waals surface area contributed by atoms with Gasteiger partial charge >= 0.3 is 5.97 Å². The van der Waals surface area contributed by atoms with E-state index >= 15 is 0 Å². The third-order valence-electron chi connectivity index (χ3n) is 3.66. The summed E-state index contributed by atoms with van der Waals surface area (Å²) in [5, 5.41) is 0. The summed E-state index contributed by atoms with van der Waals surface area (Å²) in [5.74, 6) is 0.635. The highest BCUT2D eigenvalue weighted by Crippen LogP contribution is 2.46. The van der Waals surface area contributed by atoms with Crippen LogP contribution in [0.2, 0.25) is 0 Å². The number of ether oxygens (including phenoxy) is 5. The fourth-order valence-electron chi connectivity index (χ4n) is 2.57. The van der Waals surface area contributed by atoms with E-state index in [-0.39, 0.29) is 17.4 Å². The maximum atomic E-state index is 11.9. The zero-order chi connectivity index (χ0) is 15.5. The quantitative estimate of drug-likeness (QED) is 0.666. The van der Waals surface area contributed by atoms with E-state index in [1.165, 1.54) is 7.11 Å². The van der Waals surface area contributed by atoms with Crippen LogP contribution in [-0.2, 0) is 9.47 Å². The standard InChI is InChI=1S/C15H19NO6/c1-18-15(17)12-10(16)8-11(13-14(12)21-7-6-20-13)22-9-2-4-19-5-3-9/h8-9H,2-7,16H2,1H3. The van der Waals surface area contributed by atoms with Gasteiger partial charge in [-0.2, -0.15) is 0 Å². The number of rotatable bonds is 3. The SMILES string of the molecule is COC(=O)c1c(N)cc(OC2CCOCC2)c2c1OCCO2. The first kappa shape index (κ1) is 14.8. The third kappa shape index (κ3) is 2.76. The molecule has 1 saturated heterocycles. The third-order valence-corrected chi connectivity index (χ3v) is 3.66. The van der Waals surface area contributed by atoms with Crippen LogP contribution in [0.5, 0.6) is 17.2 Å². The lowest BCUT2D eigenvalue weighted by molar-refractivity contribution is 0.0233. The number of anilines is 1. The predicted octanol–water partition coefficient (Wildman–Crippen LogP) is 1.38. The Labute approximate surface area is 128 Å². The van der Waals surface area contributed by atoms with Gasteiger partial charge in [-0.15, -0.1) is 0 Å². The van der Waals surface area contributed by atoms with Gasteiger partial charge in [-0.25, -0.2) is 4.79 Å². The maximum absolute atomic E-state index is 11.9. The maximum Gasteiger partial charge on any atom is 0.343 e. The van der Waals surface area contributed by atoms with Gasteiger partial charge in [-0.3, -0.25) is 0 Å². The molecule has 0 spiro atoms. The van der Waals surface area contributed by atoms with Gasteiger partial charge in [0.25, 0.3) is 0 Å². The fraction of sp³-hybridized carbons (Fsp3) is 0.533. The average molecular weight is 309 g/mol. The average Bonchev–Trinajstić information content (AvgIpc) is 2.55. The molecule has 3 rings (SSSR count). The van der Waals surface area contributed by atoms with Gasteiger partial charge in [-0.05, 0) is 0 Å². The molecule has 7 heteroatoms. The van der Waals surface area contributed by atoms with E-state index in [4.69, 9.17) is 29.4 Å². The largest absolute Gasteiger partial charge is 0.486 e. The van der Waals surface area contributed by atoms with E-state index in [0.29, 0.717) is 43.7 Å². The second-order valence-electron chi connectivity index (χ2n) is 5.12. The Morgan fingerprint density at radius 1 is 1.18 bits per heavy atom. The molecule has 0 amide bonds. The molecule has 1 fully saturated rings. The van der Waals surface area contributed by atoms with Gasteiger partial charge in [0.15, 0.2) is 11.5 Å². The minimum absolute atomic E-state index is 0.0340. The van der Waals surface area contributed by atoms with Crippen LogP contribution in [0.15, 0.2) is 6.07 Å². The van der Waals surface area contributed by atoms with E-state index in [0.717, 1.165) is 12.8 Å². The smallest absolute Gasteiger partial charge is 0.343 e. The molecule has 2 aliphatic rings. The first-order valence-electron chi connectivity index (χ1n) is 7.25. The Morgan fingerprint density at radius 3 is 2.55 bits per heavy atom. The Bertz CT molecular complexity index is 568. The molecule has 22 heavy (non-hydrogen) atoms. The van der Waals surface area contributed by atoms with Crippen LogP contribution in [0, 0.1) is 0 Å². The second kappa shape index (κ2) is 6.31. The summed E-state index contributed by atoms with van der Waals surface area (Å²) in [6, 6.07) is 1.59. The molecule has 7 nitrogen and oxygen atoms in total. The van der Waals surface area contributed by atoms with Crippen LogP contribution in [-0.4, -0.2) is 45.6 Å². The molecule has 0 aliphatic carbocycles. The molecular formula is C15H19NO6. The summed E-state index contributed by atoms with van der Waals surface area (Å²) in [6.07, 6.45) is 1.63. The van der Waals surface area contributed by atoms with E-state index in [2.05, 4.69) is 0 Å². The van der Waals surface area contributed by atoms with Crippen LogP contribution in [0.25, 0.3) is 0 Å². The highest BCUT2D eigenvalue weighted by molar-refractivity contribution is 6.00. The minimum atomic E-state index is -0.558. The number of hydrogen-bond acceptors (Lipinski definition) is 7. The first-order valence-corrected chi connectivity index (χ1v) is 7.25. The van der Waals surface area contributed by atoms with Crippen LogP contribution >= 0.6 is 0 Å². The van der Waals surface area contributed by atoms with Crippen molar-refractivity contribution in [3.63, 3.8) is 0 Å². The number of hydrogen-bond donors (Lipinski definition) is 1. The lowest BCUT2D eigenvalue weighted by Gasteiger charge is -2.28. The van der Waals surface area contributed by atoms with E-state index < -0.39 is 5.97 Å².